The molecule has 0 saturated carbocycles. The Morgan fingerprint density at radius 1 is 1.44 bits per heavy atom. The third-order valence-corrected chi connectivity index (χ3v) is 2.28. The summed E-state index contributed by atoms with van der Waals surface area (Å²) in [4.78, 5) is 0. The Hall–Kier alpha value is -0.910. The summed E-state index contributed by atoms with van der Waals surface area (Å²) in [5, 5.41) is 4.20. The molecule has 16 heavy (non-hydrogen) atoms. The van der Waals surface area contributed by atoms with Gasteiger partial charge in [-0.3, -0.25) is 4.68 Å². The first-order chi connectivity index (χ1) is 7.74. The second-order valence-corrected chi connectivity index (χ2v) is 3.78. The van der Waals surface area contributed by atoms with Crippen LogP contribution in [-0.2, 0) is 16.0 Å². The van der Waals surface area contributed by atoms with E-state index in [2.05, 4.69) is 5.10 Å². The average Bonchev–Trinajstić information content (AvgIpc) is 2.72. The van der Waals surface area contributed by atoms with Crippen LogP contribution in [-0.4, -0.2) is 36.7 Å². The summed E-state index contributed by atoms with van der Waals surface area (Å²) in [6, 6.07) is 0.0383. The fraction of sp³-hybridized carbons (Fsp3) is 0.727. The van der Waals surface area contributed by atoms with E-state index in [4.69, 9.17) is 15.2 Å². The van der Waals surface area contributed by atoms with E-state index in [1.165, 1.54) is 0 Å². The van der Waals surface area contributed by atoms with Crippen molar-refractivity contribution in [2.45, 2.75) is 25.9 Å². The van der Waals surface area contributed by atoms with Crippen LogP contribution in [0.4, 0.5) is 0 Å². The molecule has 1 unspecified atom stereocenters. The number of aromatic nitrogens is 2. The molecule has 5 nitrogen and oxygen atoms in total. The predicted molar refractivity (Wildman–Crippen MR) is 62.1 cm³/mol. The third kappa shape index (κ3) is 4.74. The van der Waals surface area contributed by atoms with Gasteiger partial charge in [-0.15, -0.1) is 0 Å². The van der Waals surface area contributed by atoms with E-state index >= 15 is 0 Å². The summed E-state index contributed by atoms with van der Waals surface area (Å²) < 4.78 is 12.2. The first-order valence-corrected chi connectivity index (χ1v) is 5.58. The number of methoxy groups -OCH3 is 1. The van der Waals surface area contributed by atoms with E-state index in [9.17, 15) is 0 Å². The SMILES string of the molecule is COCCCOCCn1cc(C(C)N)cn1. The van der Waals surface area contributed by atoms with Crippen molar-refractivity contribution in [3.8, 4) is 0 Å². The minimum atomic E-state index is 0.0383. The molecule has 0 spiro atoms. The van der Waals surface area contributed by atoms with Crippen LogP contribution in [0.25, 0.3) is 0 Å². The lowest BCUT2D eigenvalue weighted by Crippen LogP contribution is -2.08. The summed E-state index contributed by atoms with van der Waals surface area (Å²) in [6.07, 6.45) is 4.69. The zero-order valence-electron chi connectivity index (χ0n) is 10.1. The van der Waals surface area contributed by atoms with Crippen molar-refractivity contribution in [1.29, 1.82) is 0 Å². The molecule has 0 aromatic carbocycles. The summed E-state index contributed by atoms with van der Waals surface area (Å²) in [6.45, 7) is 4.86. The van der Waals surface area contributed by atoms with Gasteiger partial charge in [0.2, 0.25) is 0 Å². The Morgan fingerprint density at radius 2 is 2.25 bits per heavy atom. The Kier molecular flexibility index (Phi) is 6.07. The number of rotatable bonds is 8. The summed E-state index contributed by atoms with van der Waals surface area (Å²) in [5.74, 6) is 0. The van der Waals surface area contributed by atoms with Gasteiger partial charge in [-0.2, -0.15) is 5.10 Å². The van der Waals surface area contributed by atoms with Crippen LogP contribution < -0.4 is 5.73 Å². The van der Waals surface area contributed by atoms with Crippen LogP contribution in [0.1, 0.15) is 24.9 Å². The Balaban J connectivity index is 2.12. The average molecular weight is 227 g/mol. The Labute approximate surface area is 96.5 Å². The first kappa shape index (κ1) is 13.2. The van der Waals surface area contributed by atoms with Crippen LogP contribution in [0.3, 0.4) is 0 Å². The second-order valence-electron chi connectivity index (χ2n) is 3.78. The van der Waals surface area contributed by atoms with Crippen LogP contribution in [0.15, 0.2) is 12.4 Å². The van der Waals surface area contributed by atoms with Crippen LogP contribution in [0, 0.1) is 0 Å². The van der Waals surface area contributed by atoms with Crippen molar-refractivity contribution in [3.05, 3.63) is 18.0 Å². The molecule has 0 saturated heterocycles. The standard InChI is InChI=1S/C11H21N3O2/c1-10(12)11-8-13-14(9-11)4-7-16-6-3-5-15-2/h8-10H,3-7,12H2,1-2H3. The number of nitrogens with zero attached hydrogens (tertiary/aromatic N) is 2. The number of nitrogens with two attached hydrogens (primary N) is 1. The van der Waals surface area contributed by atoms with E-state index in [0.717, 1.165) is 31.7 Å². The van der Waals surface area contributed by atoms with Gasteiger partial charge < -0.3 is 15.2 Å². The molecule has 0 aliphatic rings. The van der Waals surface area contributed by atoms with Crippen LogP contribution >= 0.6 is 0 Å². The topological polar surface area (TPSA) is 62.3 Å². The molecule has 1 heterocycles. The Morgan fingerprint density at radius 3 is 2.88 bits per heavy atom. The molecular formula is C11H21N3O2. The van der Waals surface area contributed by atoms with Crippen molar-refractivity contribution in [2.75, 3.05) is 26.9 Å². The molecule has 92 valence electrons. The highest BCUT2D eigenvalue weighted by Crippen LogP contribution is 2.06. The zero-order chi connectivity index (χ0) is 11.8. The molecule has 0 bridgehead atoms. The molecule has 0 amide bonds. The molecule has 0 aliphatic carbocycles. The smallest absolute Gasteiger partial charge is 0.0662 e. The molecule has 1 rings (SSSR count). The molecule has 5 heteroatoms. The molecule has 0 aliphatic heterocycles. The Bertz CT molecular complexity index is 287. The monoisotopic (exact) mass is 227 g/mol. The minimum absolute atomic E-state index is 0.0383. The van der Waals surface area contributed by atoms with Gasteiger partial charge >= 0.3 is 0 Å². The van der Waals surface area contributed by atoms with E-state index in [-0.39, 0.29) is 6.04 Å². The maximum Gasteiger partial charge on any atom is 0.0662 e. The maximum absolute atomic E-state index is 5.74. The molecule has 0 radical (unpaired) electrons. The van der Waals surface area contributed by atoms with Gasteiger partial charge in [0, 0.05) is 38.1 Å². The fourth-order valence-electron chi connectivity index (χ4n) is 1.30. The number of ether oxygens (including phenoxy) is 2. The molecule has 1 aromatic heterocycles. The molecule has 1 atom stereocenters. The minimum Gasteiger partial charge on any atom is -0.385 e. The van der Waals surface area contributed by atoms with Gasteiger partial charge in [0.25, 0.3) is 0 Å². The normalized spacial score (nSPS) is 12.9. The van der Waals surface area contributed by atoms with Gasteiger partial charge in [-0.05, 0) is 13.3 Å². The van der Waals surface area contributed by atoms with Crippen molar-refractivity contribution < 1.29 is 9.47 Å². The summed E-state index contributed by atoms with van der Waals surface area (Å²) in [5.41, 5.74) is 6.79. The fourth-order valence-corrected chi connectivity index (χ4v) is 1.30. The van der Waals surface area contributed by atoms with Crippen molar-refractivity contribution in [2.24, 2.45) is 5.73 Å². The lowest BCUT2D eigenvalue weighted by molar-refractivity contribution is 0.0961. The largest absolute Gasteiger partial charge is 0.385 e. The quantitative estimate of drug-likeness (QED) is 0.672. The number of hydrogen-bond acceptors (Lipinski definition) is 4. The summed E-state index contributed by atoms with van der Waals surface area (Å²) >= 11 is 0. The predicted octanol–water partition coefficient (Wildman–Crippen LogP) is 0.956. The van der Waals surface area contributed by atoms with Crippen molar-refractivity contribution >= 4 is 0 Å². The van der Waals surface area contributed by atoms with Crippen LogP contribution in [0.2, 0.25) is 0 Å². The molecule has 2 N–H and O–H groups in total. The van der Waals surface area contributed by atoms with Gasteiger partial charge in [0.1, 0.15) is 0 Å². The van der Waals surface area contributed by atoms with Gasteiger partial charge in [0.05, 0.1) is 19.3 Å². The lowest BCUT2D eigenvalue weighted by atomic mass is 10.2. The van der Waals surface area contributed by atoms with Gasteiger partial charge in [0.15, 0.2) is 0 Å². The lowest BCUT2D eigenvalue weighted by Gasteiger charge is -2.04. The molecular weight excluding hydrogens is 206 g/mol. The third-order valence-electron chi connectivity index (χ3n) is 2.28. The number of hydrogen-bond donors (Lipinski definition) is 1. The van der Waals surface area contributed by atoms with E-state index in [0.29, 0.717) is 6.61 Å². The van der Waals surface area contributed by atoms with Gasteiger partial charge in [-0.1, -0.05) is 0 Å². The maximum atomic E-state index is 5.74. The van der Waals surface area contributed by atoms with E-state index in [1.807, 2.05) is 17.8 Å². The van der Waals surface area contributed by atoms with Gasteiger partial charge in [-0.25, -0.2) is 0 Å². The summed E-state index contributed by atoms with van der Waals surface area (Å²) in [7, 11) is 1.69. The van der Waals surface area contributed by atoms with Crippen LogP contribution in [0.5, 0.6) is 0 Å². The highest BCUT2D eigenvalue weighted by atomic mass is 16.5. The molecule has 0 fully saturated rings. The van der Waals surface area contributed by atoms with E-state index < -0.39 is 0 Å². The highest BCUT2D eigenvalue weighted by molar-refractivity contribution is 5.07. The zero-order valence-corrected chi connectivity index (χ0v) is 10.1. The van der Waals surface area contributed by atoms with E-state index in [1.54, 1.807) is 13.3 Å². The first-order valence-electron chi connectivity index (χ1n) is 5.58. The van der Waals surface area contributed by atoms with Crippen molar-refractivity contribution in [3.63, 3.8) is 0 Å². The van der Waals surface area contributed by atoms with Crippen molar-refractivity contribution in [1.82, 2.24) is 9.78 Å². The molecule has 1 aromatic rings. The highest BCUT2D eigenvalue weighted by Gasteiger charge is 2.02. The second kappa shape index (κ2) is 7.38.